The Hall–Kier alpha value is -1.14. The van der Waals surface area contributed by atoms with E-state index in [2.05, 4.69) is 89.7 Å². The molecule has 0 spiro atoms. The molecule has 0 radical (unpaired) electrons. The maximum Gasteiger partial charge on any atom is 0.228 e. The topological polar surface area (TPSA) is 64.7 Å². The summed E-state index contributed by atoms with van der Waals surface area (Å²) < 4.78 is 0. The molecule has 0 aliphatic carbocycles. The van der Waals surface area contributed by atoms with Crippen LogP contribution in [0.15, 0.2) is 0 Å². The monoisotopic (exact) mass is 549 g/mol. The van der Waals surface area contributed by atoms with Gasteiger partial charge in [-0.1, -0.05) is 55.4 Å². The first kappa shape index (κ1) is 34.1. The highest BCUT2D eigenvalue weighted by Gasteiger charge is 2.47. The highest BCUT2D eigenvalue weighted by atomic mass is 16.2. The molecule has 0 unspecified atom stereocenters. The quantitative estimate of drug-likeness (QED) is 0.404. The van der Waals surface area contributed by atoms with Crippen LogP contribution in [0.2, 0.25) is 0 Å². The zero-order valence-electron chi connectivity index (χ0n) is 28.6. The molecule has 0 aromatic heterocycles. The Morgan fingerprint density at radius 2 is 0.795 bits per heavy atom. The second-order valence-corrected chi connectivity index (χ2v) is 18.4. The highest BCUT2D eigenvalue weighted by Crippen LogP contribution is 2.38. The van der Waals surface area contributed by atoms with Crippen molar-refractivity contribution in [3.63, 3.8) is 0 Å². The molecule has 39 heavy (non-hydrogen) atoms. The number of nitrogens with zero attached hydrogens (tertiary/aromatic N) is 2. The van der Waals surface area contributed by atoms with E-state index >= 15 is 0 Å². The number of hydrogen-bond acceptors (Lipinski definition) is 4. The summed E-state index contributed by atoms with van der Waals surface area (Å²) in [5, 5.41) is 7.57. The largest absolute Gasteiger partial charge is 0.339 e. The first-order valence-electron chi connectivity index (χ1n) is 15.3. The van der Waals surface area contributed by atoms with Crippen LogP contribution in [-0.4, -0.2) is 68.9 Å². The van der Waals surface area contributed by atoms with Crippen molar-refractivity contribution in [2.24, 2.45) is 16.2 Å². The molecular weight excluding hydrogens is 484 g/mol. The van der Waals surface area contributed by atoms with Gasteiger partial charge in [0.25, 0.3) is 0 Å². The van der Waals surface area contributed by atoms with Gasteiger partial charge >= 0.3 is 0 Å². The third-order valence-electron chi connectivity index (χ3n) is 8.22. The van der Waals surface area contributed by atoms with Crippen molar-refractivity contribution in [1.82, 2.24) is 20.4 Å². The number of nitrogens with one attached hydrogen (secondary N) is 2. The van der Waals surface area contributed by atoms with Crippen LogP contribution in [0.4, 0.5) is 0 Å². The normalized spacial score (nSPS) is 23.8. The number of piperidine rings is 2. The van der Waals surface area contributed by atoms with Crippen LogP contribution < -0.4 is 10.6 Å². The lowest BCUT2D eigenvalue weighted by atomic mass is 9.76. The summed E-state index contributed by atoms with van der Waals surface area (Å²) in [7, 11) is 0. The summed E-state index contributed by atoms with van der Waals surface area (Å²) in [4.78, 5) is 32.4. The van der Waals surface area contributed by atoms with E-state index in [-0.39, 0.29) is 51.5 Å². The maximum absolute atomic E-state index is 14.0. The Morgan fingerprint density at radius 3 is 1.00 bits per heavy atom. The Morgan fingerprint density at radius 1 is 0.564 bits per heavy atom. The zero-order valence-corrected chi connectivity index (χ0v) is 28.6. The predicted octanol–water partition coefficient (Wildman–Crippen LogP) is 6.38. The van der Waals surface area contributed by atoms with Gasteiger partial charge in [-0.3, -0.25) is 9.59 Å². The van der Waals surface area contributed by atoms with Crippen molar-refractivity contribution in [1.29, 1.82) is 0 Å². The number of rotatable bonds is 6. The number of amides is 2. The van der Waals surface area contributed by atoms with Gasteiger partial charge in [0.15, 0.2) is 0 Å². The fraction of sp³-hybridized carbons (Fsp3) is 0.939. The second kappa shape index (κ2) is 10.6. The Kier molecular flexibility index (Phi) is 9.26. The summed E-state index contributed by atoms with van der Waals surface area (Å²) in [6.07, 6.45) is 3.65. The van der Waals surface area contributed by atoms with Gasteiger partial charge < -0.3 is 20.4 Å². The van der Waals surface area contributed by atoms with Crippen LogP contribution in [0, 0.1) is 16.2 Å². The summed E-state index contributed by atoms with van der Waals surface area (Å²) in [5.74, 6) is 0.402. The van der Waals surface area contributed by atoms with Crippen LogP contribution in [-0.2, 0) is 9.59 Å². The SMILES string of the molecule is CC(C)(CN(C(=O)C(C)(C)C)C1CC(C)(C)NC(C)(C)C1)CN(C(=O)C(C)(C)C)C1CC(C)(C)NC(C)(C)C1. The first-order valence-corrected chi connectivity index (χ1v) is 15.3. The minimum absolute atomic E-state index is 0.0620. The number of carbonyl (C=O) groups is 2. The molecule has 6 nitrogen and oxygen atoms in total. The van der Waals surface area contributed by atoms with Crippen molar-refractivity contribution in [2.75, 3.05) is 13.1 Å². The Balaban J connectivity index is 2.47. The smallest absolute Gasteiger partial charge is 0.228 e. The van der Waals surface area contributed by atoms with Crippen molar-refractivity contribution in [2.45, 2.75) is 171 Å². The molecule has 2 rings (SSSR count). The average Bonchev–Trinajstić information content (AvgIpc) is 2.63. The van der Waals surface area contributed by atoms with Gasteiger partial charge in [0.2, 0.25) is 11.8 Å². The average molecular weight is 549 g/mol. The van der Waals surface area contributed by atoms with Gasteiger partial charge in [-0.15, -0.1) is 0 Å². The van der Waals surface area contributed by atoms with E-state index in [0.29, 0.717) is 13.1 Å². The molecule has 2 aliphatic heterocycles. The molecule has 2 saturated heterocycles. The number of carbonyl (C=O) groups excluding carboxylic acids is 2. The van der Waals surface area contributed by atoms with Crippen molar-refractivity contribution < 1.29 is 9.59 Å². The molecule has 2 N–H and O–H groups in total. The summed E-state index contributed by atoms with van der Waals surface area (Å²) >= 11 is 0. The van der Waals surface area contributed by atoms with Crippen LogP contribution >= 0.6 is 0 Å². The van der Waals surface area contributed by atoms with E-state index in [1.54, 1.807) is 0 Å². The third-order valence-corrected chi connectivity index (χ3v) is 8.22. The second-order valence-electron chi connectivity index (χ2n) is 18.4. The highest BCUT2D eigenvalue weighted by molar-refractivity contribution is 5.82. The molecule has 0 atom stereocenters. The number of hydrogen-bond donors (Lipinski definition) is 2. The van der Waals surface area contributed by atoms with Gasteiger partial charge in [-0.2, -0.15) is 0 Å². The third kappa shape index (κ3) is 9.45. The molecule has 6 heteroatoms. The van der Waals surface area contributed by atoms with E-state index in [1.807, 2.05) is 41.5 Å². The summed E-state index contributed by atoms with van der Waals surface area (Å²) in [6, 6.07) is 0.288. The molecule has 0 saturated carbocycles. The minimum atomic E-state index is -0.473. The fourth-order valence-corrected chi connectivity index (χ4v) is 7.54. The molecule has 2 amide bonds. The van der Waals surface area contributed by atoms with E-state index in [9.17, 15) is 9.59 Å². The van der Waals surface area contributed by atoms with Gasteiger partial charge in [-0.05, 0) is 86.5 Å². The van der Waals surface area contributed by atoms with Crippen LogP contribution in [0.3, 0.4) is 0 Å². The van der Waals surface area contributed by atoms with E-state index in [4.69, 9.17) is 0 Å². The maximum atomic E-state index is 14.0. The Labute approximate surface area is 241 Å². The minimum Gasteiger partial charge on any atom is -0.339 e. The van der Waals surface area contributed by atoms with Gasteiger partial charge in [-0.25, -0.2) is 0 Å². The molecule has 2 fully saturated rings. The lowest BCUT2D eigenvalue weighted by Gasteiger charge is -2.53. The van der Waals surface area contributed by atoms with Crippen LogP contribution in [0.1, 0.15) is 136 Å². The molecule has 0 bridgehead atoms. The molecule has 0 aromatic carbocycles. The van der Waals surface area contributed by atoms with Gasteiger partial charge in [0, 0.05) is 58.2 Å². The van der Waals surface area contributed by atoms with E-state index in [1.165, 1.54) is 0 Å². The molecule has 228 valence electrons. The zero-order chi connectivity index (χ0) is 30.6. The lowest BCUT2D eigenvalue weighted by Crippen LogP contribution is -2.65. The molecular formula is C33H64N4O2. The molecule has 2 aliphatic rings. The Bertz CT molecular complexity index is 798. The van der Waals surface area contributed by atoms with E-state index in [0.717, 1.165) is 25.7 Å². The van der Waals surface area contributed by atoms with E-state index < -0.39 is 10.8 Å². The molecule has 0 aromatic rings. The summed E-state index contributed by atoms with van der Waals surface area (Å²) in [5.41, 5.74) is -1.47. The van der Waals surface area contributed by atoms with Crippen LogP contribution in [0.25, 0.3) is 0 Å². The van der Waals surface area contributed by atoms with Gasteiger partial charge in [0.1, 0.15) is 0 Å². The van der Waals surface area contributed by atoms with Crippen molar-refractivity contribution in [3.05, 3.63) is 0 Å². The van der Waals surface area contributed by atoms with Crippen molar-refractivity contribution in [3.8, 4) is 0 Å². The molecule has 2 heterocycles. The summed E-state index contributed by atoms with van der Waals surface area (Å²) in [6.45, 7) is 35.9. The van der Waals surface area contributed by atoms with Crippen molar-refractivity contribution >= 4 is 11.8 Å². The van der Waals surface area contributed by atoms with Gasteiger partial charge in [0.05, 0.1) is 0 Å². The fourth-order valence-electron chi connectivity index (χ4n) is 7.54. The predicted molar refractivity (Wildman–Crippen MR) is 165 cm³/mol. The first-order chi connectivity index (χ1) is 17.1. The lowest BCUT2D eigenvalue weighted by molar-refractivity contribution is -0.149. The van der Waals surface area contributed by atoms with Crippen LogP contribution in [0.5, 0.6) is 0 Å². The standard InChI is InChI=1S/C33H64N4O2/c1-27(2,3)25(38)36(23-17-30(9,10)34-31(11,12)18-23)21-29(7,8)22-37(26(39)28(4,5)6)24-19-32(13,14)35-33(15,16)20-24/h23-24,34-35H,17-22H2,1-16H3.